The van der Waals surface area contributed by atoms with Crippen molar-refractivity contribution >= 4 is 5.69 Å². The van der Waals surface area contributed by atoms with Gasteiger partial charge in [0.2, 0.25) is 11.6 Å². The van der Waals surface area contributed by atoms with Gasteiger partial charge in [-0.2, -0.15) is 10.4 Å². The highest BCUT2D eigenvalue weighted by Gasteiger charge is 2.30. The number of aromatic nitrogens is 4. The van der Waals surface area contributed by atoms with Gasteiger partial charge in [-0.25, -0.2) is 9.67 Å². The van der Waals surface area contributed by atoms with Gasteiger partial charge in [0.1, 0.15) is 11.8 Å². The van der Waals surface area contributed by atoms with E-state index in [1.54, 1.807) is 7.05 Å². The van der Waals surface area contributed by atoms with Crippen LogP contribution in [0.3, 0.4) is 0 Å². The summed E-state index contributed by atoms with van der Waals surface area (Å²) in [6.07, 6.45) is 2.93. The lowest BCUT2D eigenvalue weighted by Crippen LogP contribution is -2.06. The molecule has 0 bridgehead atoms. The molecular weight excluding hydrogens is 248 g/mol. The number of hydrogen-bond acceptors (Lipinski definition) is 5. The summed E-state index contributed by atoms with van der Waals surface area (Å²) < 4.78 is 2.77. The predicted octanol–water partition coefficient (Wildman–Crippen LogP) is 1.51. The Morgan fingerprint density at radius 1 is 1.53 bits per heavy atom. The van der Waals surface area contributed by atoms with Crippen LogP contribution in [0, 0.1) is 21.4 Å². The molecule has 2 aromatic heterocycles. The first-order chi connectivity index (χ1) is 8.97. The van der Waals surface area contributed by atoms with E-state index < -0.39 is 4.92 Å². The van der Waals surface area contributed by atoms with Crippen molar-refractivity contribution in [2.75, 3.05) is 0 Å². The zero-order valence-electron chi connectivity index (χ0n) is 10.7. The first-order valence-corrected chi connectivity index (χ1v) is 5.62. The number of hydrogen-bond donors (Lipinski definition) is 0. The van der Waals surface area contributed by atoms with E-state index in [1.807, 2.05) is 19.9 Å². The molecule has 2 aromatic rings. The van der Waals surface area contributed by atoms with Gasteiger partial charge >= 0.3 is 5.69 Å². The van der Waals surface area contributed by atoms with Crippen LogP contribution in [0.15, 0.2) is 12.4 Å². The maximum Gasteiger partial charge on any atom is 0.335 e. The summed E-state index contributed by atoms with van der Waals surface area (Å²) in [5.41, 5.74) is 0.298. The van der Waals surface area contributed by atoms with Crippen LogP contribution < -0.4 is 0 Å². The number of nitrogens with zero attached hydrogens (tertiary/aromatic N) is 6. The van der Waals surface area contributed by atoms with E-state index in [9.17, 15) is 10.1 Å². The highest BCUT2D eigenvalue weighted by molar-refractivity contribution is 5.54. The van der Waals surface area contributed by atoms with Crippen LogP contribution in [0.25, 0.3) is 5.82 Å². The maximum atomic E-state index is 11.3. The van der Waals surface area contributed by atoms with E-state index >= 15 is 0 Å². The second kappa shape index (κ2) is 4.53. The maximum absolute atomic E-state index is 11.3. The monoisotopic (exact) mass is 260 g/mol. The highest BCUT2D eigenvalue weighted by Crippen LogP contribution is 2.31. The number of rotatable bonds is 3. The van der Waals surface area contributed by atoms with Gasteiger partial charge in [-0.15, -0.1) is 0 Å². The smallest absolute Gasteiger partial charge is 0.270 e. The second-order valence-electron chi connectivity index (χ2n) is 4.33. The van der Waals surface area contributed by atoms with Gasteiger partial charge in [0.05, 0.1) is 4.92 Å². The molecule has 2 rings (SSSR count). The largest absolute Gasteiger partial charge is 0.335 e. The van der Waals surface area contributed by atoms with Crippen molar-refractivity contribution in [3.8, 4) is 11.9 Å². The third kappa shape index (κ3) is 1.95. The van der Waals surface area contributed by atoms with Gasteiger partial charge in [0.25, 0.3) is 0 Å². The average molecular weight is 260 g/mol. The molecule has 0 radical (unpaired) electrons. The van der Waals surface area contributed by atoms with Gasteiger partial charge in [-0.05, 0) is 0 Å². The molecule has 0 fully saturated rings. The molecule has 0 aliphatic rings. The SMILES string of the molecule is CC(C)c1nn(C)c(-n2ccnc2C#N)c1[N+](=O)[O-]. The first-order valence-electron chi connectivity index (χ1n) is 5.62. The summed E-state index contributed by atoms with van der Waals surface area (Å²) in [7, 11) is 1.61. The van der Waals surface area contributed by atoms with Gasteiger partial charge < -0.3 is 0 Å². The van der Waals surface area contributed by atoms with Crippen molar-refractivity contribution in [2.45, 2.75) is 19.8 Å². The lowest BCUT2D eigenvalue weighted by atomic mass is 10.1. The standard InChI is InChI=1S/C11H12N6O2/c1-7(2)9-10(17(18)19)11(15(3)14-9)16-5-4-13-8(16)6-12/h4-5,7H,1-3H3. The average Bonchev–Trinajstić information content (AvgIpc) is 2.91. The molecule has 2 heterocycles. The van der Waals surface area contributed by atoms with E-state index in [2.05, 4.69) is 10.1 Å². The minimum atomic E-state index is -0.473. The van der Waals surface area contributed by atoms with Gasteiger partial charge in [-0.3, -0.25) is 14.7 Å². The first kappa shape index (κ1) is 12.8. The molecule has 0 spiro atoms. The summed E-state index contributed by atoms with van der Waals surface area (Å²) in [4.78, 5) is 14.7. The Balaban J connectivity index is 2.77. The number of imidazole rings is 1. The van der Waals surface area contributed by atoms with E-state index in [1.165, 1.54) is 21.6 Å². The number of aryl methyl sites for hydroxylation is 1. The van der Waals surface area contributed by atoms with Gasteiger partial charge in [0.15, 0.2) is 0 Å². The van der Waals surface area contributed by atoms with Crippen LogP contribution in [0.2, 0.25) is 0 Å². The van der Waals surface area contributed by atoms with Gasteiger partial charge in [0, 0.05) is 25.4 Å². The van der Waals surface area contributed by atoms with Crippen LogP contribution in [0.4, 0.5) is 5.69 Å². The normalized spacial score (nSPS) is 10.7. The zero-order chi connectivity index (χ0) is 14.2. The summed E-state index contributed by atoms with van der Waals surface area (Å²) >= 11 is 0. The van der Waals surface area contributed by atoms with Crippen LogP contribution in [0.1, 0.15) is 31.3 Å². The minimum absolute atomic E-state index is 0.0846. The molecule has 19 heavy (non-hydrogen) atoms. The topological polar surface area (TPSA) is 103 Å². The Morgan fingerprint density at radius 3 is 2.74 bits per heavy atom. The van der Waals surface area contributed by atoms with E-state index in [-0.39, 0.29) is 23.2 Å². The summed E-state index contributed by atoms with van der Waals surface area (Å²) in [5.74, 6) is 0.235. The Hall–Kier alpha value is -2.69. The van der Waals surface area contributed by atoms with Gasteiger partial charge in [-0.1, -0.05) is 13.8 Å². The molecule has 0 saturated heterocycles. The van der Waals surface area contributed by atoms with Crippen LogP contribution in [0.5, 0.6) is 0 Å². The fourth-order valence-electron chi connectivity index (χ4n) is 1.92. The molecule has 0 aliphatic heterocycles. The highest BCUT2D eigenvalue weighted by atomic mass is 16.6. The van der Waals surface area contributed by atoms with Crippen LogP contribution in [-0.4, -0.2) is 24.3 Å². The third-order valence-electron chi connectivity index (χ3n) is 2.72. The lowest BCUT2D eigenvalue weighted by Gasteiger charge is -2.03. The Labute approximate surface area is 109 Å². The molecule has 0 saturated carbocycles. The number of nitriles is 1. The van der Waals surface area contributed by atoms with Crippen molar-refractivity contribution in [2.24, 2.45) is 7.05 Å². The molecule has 0 aromatic carbocycles. The molecular formula is C11H12N6O2. The molecule has 0 amide bonds. The van der Waals surface area contributed by atoms with Crippen molar-refractivity contribution in [1.82, 2.24) is 19.3 Å². The summed E-state index contributed by atoms with van der Waals surface area (Å²) in [6.45, 7) is 3.66. The lowest BCUT2D eigenvalue weighted by molar-refractivity contribution is -0.385. The molecule has 0 aliphatic carbocycles. The number of nitro groups is 1. The molecule has 0 atom stereocenters. The zero-order valence-corrected chi connectivity index (χ0v) is 10.7. The van der Waals surface area contributed by atoms with Crippen molar-refractivity contribution < 1.29 is 4.92 Å². The fourth-order valence-corrected chi connectivity index (χ4v) is 1.92. The Kier molecular flexibility index (Phi) is 3.04. The molecule has 0 N–H and O–H groups in total. The van der Waals surface area contributed by atoms with Crippen LogP contribution >= 0.6 is 0 Å². The van der Waals surface area contributed by atoms with Crippen LogP contribution in [-0.2, 0) is 7.05 Å². The molecule has 8 heteroatoms. The Morgan fingerprint density at radius 2 is 2.21 bits per heavy atom. The minimum Gasteiger partial charge on any atom is -0.270 e. The van der Waals surface area contributed by atoms with Crippen molar-refractivity contribution in [3.63, 3.8) is 0 Å². The molecule has 98 valence electrons. The van der Waals surface area contributed by atoms with Crippen molar-refractivity contribution in [3.05, 3.63) is 34.0 Å². The second-order valence-corrected chi connectivity index (χ2v) is 4.33. The van der Waals surface area contributed by atoms with E-state index in [4.69, 9.17) is 5.26 Å². The fraction of sp³-hybridized carbons (Fsp3) is 0.364. The van der Waals surface area contributed by atoms with Crippen molar-refractivity contribution in [1.29, 1.82) is 5.26 Å². The molecule has 0 unspecified atom stereocenters. The predicted molar refractivity (Wildman–Crippen MR) is 65.8 cm³/mol. The van der Waals surface area contributed by atoms with E-state index in [0.29, 0.717) is 5.69 Å². The molecule has 8 nitrogen and oxygen atoms in total. The quantitative estimate of drug-likeness (QED) is 0.614. The third-order valence-corrected chi connectivity index (χ3v) is 2.72. The summed E-state index contributed by atoms with van der Waals surface area (Å²) in [6, 6.07) is 1.89. The Bertz CT molecular complexity index is 676. The van der Waals surface area contributed by atoms with E-state index in [0.717, 1.165) is 0 Å². The summed E-state index contributed by atoms with van der Waals surface area (Å²) in [5, 5.41) is 24.4.